The van der Waals surface area contributed by atoms with Crippen LogP contribution in [0.25, 0.3) is 0 Å². The van der Waals surface area contributed by atoms with E-state index in [-0.39, 0.29) is 16.0 Å². The van der Waals surface area contributed by atoms with Crippen molar-refractivity contribution in [3.05, 3.63) is 50.1 Å². The lowest BCUT2D eigenvalue weighted by Gasteiger charge is -2.05. The molecule has 8 heteroatoms. The summed E-state index contributed by atoms with van der Waals surface area (Å²) in [6, 6.07) is 5.33. The van der Waals surface area contributed by atoms with Crippen molar-refractivity contribution in [3.63, 3.8) is 0 Å². The van der Waals surface area contributed by atoms with Crippen molar-refractivity contribution in [1.29, 1.82) is 0 Å². The maximum atomic E-state index is 12.0. The van der Waals surface area contributed by atoms with Gasteiger partial charge in [0, 0.05) is 10.0 Å². The summed E-state index contributed by atoms with van der Waals surface area (Å²) in [5, 5.41) is 13.2. The van der Waals surface area contributed by atoms with E-state index in [2.05, 4.69) is 26.2 Å². The smallest absolute Gasteiger partial charge is 0.298 e. The van der Waals surface area contributed by atoms with Crippen LogP contribution < -0.4 is 5.32 Å². The number of nitrogens with zero attached hydrogens (tertiary/aromatic N) is 2. The normalized spacial score (nSPS) is 10.2. The lowest BCUT2D eigenvalue weighted by atomic mass is 10.1. The Morgan fingerprint density at radius 3 is 2.89 bits per heavy atom. The zero-order valence-corrected chi connectivity index (χ0v) is 12.1. The quantitative estimate of drug-likeness (QED) is 0.684. The Balaban J connectivity index is 2.20. The molecule has 0 saturated carbocycles. The van der Waals surface area contributed by atoms with Crippen molar-refractivity contribution in [2.45, 2.75) is 6.92 Å². The predicted molar refractivity (Wildman–Crippen MR) is 75.6 cm³/mol. The van der Waals surface area contributed by atoms with Crippen molar-refractivity contribution in [2.24, 2.45) is 0 Å². The summed E-state index contributed by atoms with van der Waals surface area (Å²) in [4.78, 5) is 25.8. The number of carbonyl (C=O) groups is 1. The van der Waals surface area contributed by atoms with Crippen LogP contribution in [0, 0.1) is 17.0 Å². The van der Waals surface area contributed by atoms with Gasteiger partial charge in [0.05, 0.1) is 4.92 Å². The van der Waals surface area contributed by atoms with Crippen molar-refractivity contribution in [3.8, 4) is 0 Å². The molecule has 2 rings (SSSR count). The van der Waals surface area contributed by atoms with Gasteiger partial charge in [-0.1, -0.05) is 22.0 Å². The number of aromatic nitrogens is 1. The fraction of sp³-hybridized carbons (Fsp3) is 0.0909. The van der Waals surface area contributed by atoms with Gasteiger partial charge in [-0.15, -0.1) is 0 Å². The number of hydrogen-bond acceptors (Lipinski definition) is 5. The first-order valence-electron chi connectivity index (χ1n) is 5.15. The molecule has 6 nitrogen and oxygen atoms in total. The molecule has 1 aromatic heterocycles. The van der Waals surface area contributed by atoms with E-state index in [4.69, 9.17) is 0 Å². The Labute approximate surface area is 120 Å². The minimum atomic E-state index is -0.544. The standard InChI is InChI=1S/C11H8BrN3O3S/c1-6-2-3-7(12)4-8(6)10(16)14-11-13-5-9(19-11)15(17)18/h2-5H,1H3,(H,13,14,16). The van der Waals surface area contributed by atoms with Crippen LogP contribution in [0.5, 0.6) is 0 Å². The van der Waals surface area contributed by atoms with Crippen LogP contribution >= 0.6 is 27.3 Å². The van der Waals surface area contributed by atoms with Gasteiger partial charge in [-0.05, 0) is 36.0 Å². The van der Waals surface area contributed by atoms with E-state index in [1.54, 1.807) is 6.07 Å². The van der Waals surface area contributed by atoms with E-state index in [1.807, 2.05) is 19.1 Å². The molecule has 0 bridgehead atoms. The third kappa shape index (κ3) is 3.15. The second kappa shape index (κ2) is 5.45. The summed E-state index contributed by atoms with van der Waals surface area (Å²) in [6.45, 7) is 1.81. The molecule has 19 heavy (non-hydrogen) atoms. The van der Waals surface area contributed by atoms with Crippen LogP contribution in [-0.4, -0.2) is 15.8 Å². The number of nitro groups is 1. The summed E-state index contributed by atoms with van der Waals surface area (Å²) in [5.41, 5.74) is 1.30. The van der Waals surface area contributed by atoms with E-state index in [1.165, 1.54) is 0 Å². The fourth-order valence-corrected chi connectivity index (χ4v) is 2.40. The van der Waals surface area contributed by atoms with Gasteiger partial charge < -0.3 is 0 Å². The Morgan fingerprint density at radius 1 is 1.53 bits per heavy atom. The average Bonchev–Trinajstić information content (AvgIpc) is 2.80. The summed E-state index contributed by atoms with van der Waals surface area (Å²) in [6.07, 6.45) is 1.12. The number of nitrogens with one attached hydrogen (secondary N) is 1. The molecule has 1 aromatic carbocycles. The number of rotatable bonds is 3. The molecule has 0 unspecified atom stereocenters. The first-order chi connectivity index (χ1) is 8.97. The average molecular weight is 342 g/mol. The number of aryl methyl sites for hydroxylation is 1. The molecule has 1 N–H and O–H groups in total. The van der Waals surface area contributed by atoms with Crippen molar-refractivity contribution < 1.29 is 9.72 Å². The predicted octanol–water partition coefficient (Wildman–Crippen LogP) is 3.37. The summed E-state index contributed by atoms with van der Waals surface area (Å²) in [7, 11) is 0. The highest BCUT2D eigenvalue weighted by Gasteiger charge is 2.15. The van der Waals surface area contributed by atoms with Crippen LogP contribution in [0.4, 0.5) is 10.1 Å². The van der Waals surface area contributed by atoms with Crippen LogP contribution in [0.1, 0.15) is 15.9 Å². The van der Waals surface area contributed by atoms with Gasteiger partial charge in [-0.3, -0.25) is 20.2 Å². The van der Waals surface area contributed by atoms with Crippen LogP contribution in [-0.2, 0) is 0 Å². The molecule has 0 atom stereocenters. The lowest BCUT2D eigenvalue weighted by molar-refractivity contribution is -0.380. The number of anilines is 1. The third-order valence-electron chi connectivity index (χ3n) is 2.34. The fourth-order valence-electron chi connectivity index (χ4n) is 1.41. The molecule has 2 aromatic rings. The first kappa shape index (κ1) is 13.6. The molecule has 1 heterocycles. The first-order valence-corrected chi connectivity index (χ1v) is 6.76. The van der Waals surface area contributed by atoms with E-state index in [0.29, 0.717) is 5.56 Å². The maximum absolute atomic E-state index is 12.0. The van der Waals surface area contributed by atoms with Crippen LogP contribution in [0.2, 0.25) is 0 Å². The highest BCUT2D eigenvalue weighted by atomic mass is 79.9. The van der Waals surface area contributed by atoms with Gasteiger partial charge >= 0.3 is 5.00 Å². The summed E-state index contributed by atoms with van der Waals surface area (Å²) >= 11 is 4.11. The van der Waals surface area contributed by atoms with Crippen molar-refractivity contribution in [2.75, 3.05) is 5.32 Å². The molecule has 0 saturated heterocycles. The highest BCUT2D eigenvalue weighted by molar-refractivity contribution is 9.10. The van der Waals surface area contributed by atoms with Gasteiger partial charge in [0.15, 0.2) is 5.13 Å². The SMILES string of the molecule is Cc1ccc(Br)cc1C(=O)Nc1ncc([N+](=O)[O-])s1. The Bertz CT molecular complexity index is 656. The van der Waals surface area contributed by atoms with Gasteiger partial charge in [-0.2, -0.15) is 0 Å². The second-order valence-electron chi connectivity index (χ2n) is 3.67. The number of amides is 1. The molecular formula is C11H8BrN3O3S. The molecule has 0 aliphatic rings. The number of benzene rings is 1. The van der Waals surface area contributed by atoms with E-state index in [9.17, 15) is 14.9 Å². The molecule has 0 radical (unpaired) electrons. The molecular weight excluding hydrogens is 334 g/mol. The largest absolute Gasteiger partial charge is 0.345 e. The molecule has 98 valence electrons. The molecule has 0 aliphatic carbocycles. The zero-order valence-electron chi connectivity index (χ0n) is 9.71. The minimum absolute atomic E-state index is 0.110. The topological polar surface area (TPSA) is 85.1 Å². The second-order valence-corrected chi connectivity index (χ2v) is 5.60. The molecule has 0 fully saturated rings. The summed E-state index contributed by atoms with van der Waals surface area (Å²) < 4.78 is 0.786. The number of thiazole rings is 1. The minimum Gasteiger partial charge on any atom is -0.298 e. The van der Waals surface area contributed by atoms with E-state index >= 15 is 0 Å². The molecule has 1 amide bonds. The Morgan fingerprint density at radius 2 is 2.26 bits per heavy atom. The molecule has 0 aliphatic heterocycles. The van der Waals surface area contributed by atoms with Gasteiger partial charge in [0.2, 0.25) is 0 Å². The highest BCUT2D eigenvalue weighted by Crippen LogP contribution is 2.26. The third-order valence-corrected chi connectivity index (χ3v) is 3.70. The maximum Gasteiger partial charge on any atom is 0.345 e. The molecule has 0 spiro atoms. The Hall–Kier alpha value is -1.80. The van der Waals surface area contributed by atoms with Gasteiger partial charge in [0.25, 0.3) is 5.91 Å². The van der Waals surface area contributed by atoms with Gasteiger partial charge in [0.1, 0.15) is 6.20 Å². The van der Waals surface area contributed by atoms with Crippen LogP contribution in [0.15, 0.2) is 28.9 Å². The lowest BCUT2D eigenvalue weighted by Crippen LogP contribution is -2.13. The zero-order chi connectivity index (χ0) is 14.0. The summed E-state index contributed by atoms with van der Waals surface area (Å²) in [5.74, 6) is -0.344. The van der Waals surface area contributed by atoms with Crippen molar-refractivity contribution >= 4 is 43.3 Å². The number of carbonyl (C=O) groups excluding carboxylic acids is 1. The van der Waals surface area contributed by atoms with Gasteiger partial charge in [-0.25, -0.2) is 4.98 Å². The van der Waals surface area contributed by atoms with Crippen molar-refractivity contribution in [1.82, 2.24) is 4.98 Å². The van der Waals surface area contributed by atoms with E-state index < -0.39 is 4.92 Å². The monoisotopic (exact) mass is 341 g/mol. The van der Waals surface area contributed by atoms with Crippen LogP contribution in [0.3, 0.4) is 0 Å². The number of hydrogen-bond donors (Lipinski definition) is 1. The number of halogens is 1. The Kier molecular flexibility index (Phi) is 3.91. The van der Waals surface area contributed by atoms with E-state index in [0.717, 1.165) is 27.6 Å².